The van der Waals surface area contributed by atoms with Crippen molar-refractivity contribution < 1.29 is 4.74 Å². The smallest absolute Gasteiger partial charge is 0.140 e. The van der Waals surface area contributed by atoms with Crippen LogP contribution in [0.2, 0.25) is 5.15 Å². The second kappa shape index (κ2) is 5.32. The number of aromatic nitrogens is 2. The van der Waals surface area contributed by atoms with Crippen molar-refractivity contribution in [1.82, 2.24) is 9.97 Å². The first-order valence-electron chi connectivity index (χ1n) is 4.90. The molecule has 0 radical (unpaired) electrons. The van der Waals surface area contributed by atoms with Crippen LogP contribution in [0.3, 0.4) is 0 Å². The zero-order valence-electron chi connectivity index (χ0n) is 8.49. The molecule has 1 heterocycles. The maximum absolute atomic E-state index is 5.93. The molecule has 0 atom stereocenters. The fourth-order valence-corrected chi connectivity index (χ4v) is 1.65. The molecule has 0 aliphatic heterocycles. The highest BCUT2D eigenvalue weighted by molar-refractivity contribution is 6.34. The van der Waals surface area contributed by atoms with E-state index in [1.165, 1.54) is 6.33 Å². The summed E-state index contributed by atoms with van der Waals surface area (Å²) in [6.07, 6.45) is 2.26. The van der Waals surface area contributed by atoms with Crippen LogP contribution in [-0.2, 0) is 0 Å². The number of ether oxygens (including phenoxy) is 1. The van der Waals surface area contributed by atoms with E-state index in [4.69, 9.17) is 27.9 Å². The Bertz CT molecular complexity index is 490. The molecule has 1 aromatic heterocycles. The number of benzene rings is 1. The van der Waals surface area contributed by atoms with Gasteiger partial charge in [-0.05, 0) is 18.6 Å². The van der Waals surface area contributed by atoms with Crippen LogP contribution in [0.15, 0.2) is 24.5 Å². The third-order valence-electron chi connectivity index (χ3n) is 2.11. The van der Waals surface area contributed by atoms with Crippen LogP contribution >= 0.6 is 23.2 Å². The van der Waals surface area contributed by atoms with Crippen molar-refractivity contribution in [2.75, 3.05) is 12.5 Å². The van der Waals surface area contributed by atoms with Crippen molar-refractivity contribution in [3.05, 3.63) is 29.7 Å². The number of hydrogen-bond acceptors (Lipinski definition) is 3. The van der Waals surface area contributed by atoms with Gasteiger partial charge in [0, 0.05) is 17.3 Å². The Morgan fingerprint density at radius 3 is 2.94 bits per heavy atom. The summed E-state index contributed by atoms with van der Waals surface area (Å²) < 4.78 is 5.51. The minimum atomic E-state index is 0.456. The van der Waals surface area contributed by atoms with Crippen LogP contribution < -0.4 is 4.74 Å². The normalized spacial score (nSPS) is 10.6. The molecular weight excluding hydrogens is 247 g/mol. The average molecular weight is 257 g/mol. The van der Waals surface area contributed by atoms with Gasteiger partial charge in [-0.2, -0.15) is 0 Å². The zero-order chi connectivity index (χ0) is 11.4. The largest absolute Gasteiger partial charge is 0.493 e. The summed E-state index contributed by atoms with van der Waals surface area (Å²) in [5.41, 5.74) is 0.781. The summed E-state index contributed by atoms with van der Waals surface area (Å²) in [7, 11) is 0. The first-order chi connectivity index (χ1) is 7.81. The van der Waals surface area contributed by atoms with E-state index in [0.717, 1.165) is 23.1 Å². The summed E-state index contributed by atoms with van der Waals surface area (Å²) in [5.74, 6) is 1.37. The molecule has 0 amide bonds. The molecule has 16 heavy (non-hydrogen) atoms. The minimum absolute atomic E-state index is 0.456. The molecule has 0 fully saturated rings. The summed E-state index contributed by atoms with van der Waals surface area (Å²) >= 11 is 11.5. The van der Waals surface area contributed by atoms with E-state index in [2.05, 4.69) is 9.97 Å². The van der Waals surface area contributed by atoms with Gasteiger partial charge in [0.15, 0.2) is 0 Å². The third kappa shape index (κ3) is 2.54. The lowest BCUT2D eigenvalue weighted by Gasteiger charge is -2.05. The fraction of sp³-hybridized carbons (Fsp3) is 0.273. The van der Waals surface area contributed by atoms with Crippen LogP contribution in [0.5, 0.6) is 5.75 Å². The maximum atomic E-state index is 5.93. The quantitative estimate of drug-likeness (QED) is 0.479. The van der Waals surface area contributed by atoms with Crippen molar-refractivity contribution in [3.8, 4) is 5.75 Å². The topological polar surface area (TPSA) is 35.0 Å². The van der Waals surface area contributed by atoms with E-state index < -0.39 is 0 Å². The number of fused-ring (bicyclic) bond motifs is 1. The average Bonchev–Trinajstić information content (AvgIpc) is 2.30. The van der Waals surface area contributed by atoms with Gasteiger partial charge in [0.25, 0.3) is 0 Å². The molecule has 2 aromatic rings. The third-order valence-corrected chi connectivity index (χ3v) is 2.67. The highest BCUT2D eigenvalue weighted by Gasteiger charge is 2.02. The van der Waals surface area contributed by atoms with Gasteiger partial charge in [-0.25, -0.2) is 9.97 Å². The van der Waals surface area contributed by atoms with E-state index >= 15 is 0 Å². The molecule has 0 spiro atoms. The first kappa shape index (κ1) is 11.4. The summed E-state index contributed by atoms with van der Waals surface area (Å²) in [6, 6.07) is 5.55. The molecule has 84 valence electrons. The van der Waals surface area contributed by atoms with Crippen molar-refractivity contribution in [2.45, 2.75) is 6.42 Å². The SMILES string of the molecule is ClCCCOc1ccc2c(Cl)ncnc2c1. The molecular formula is C11H10Cl2N2O. The Balaban J connectivity index is 2.23. The number of rotatable bonds is 4. The van der Waals surface area contributed by atoms with Crippen molar-refractivity contribution in [3.63, 3.8) is 0 Å². The number of alkyl halides is 1. The van der Waals surface area contributed by atoms with Gasteiger partial charge in [-0.15, -0.1) is 11.6 Å². The highest BCUT2D eigenvalue weighted by Crippen LogP contribution is 2.23. The van der Waals surface area contributed by atoms with E-state index in [1.807, 2.05) is 18.2 Å². The highest BCUT2D eigenvalue weighted by atomic mass is 35.5. The Labute approximate surface area is 103 Å². The van der Waals surface area contributed by atoms with Crippen molar-refractivity contribution >= 4 is 34.1 Å². The lowest BCUT2D eigenvalue weighted by molar-refractivity contribution is 0.318. The molecule has 2 rings (SSSR count). The second-order valence-electron chi connectivity index (χ2n) is 3.23. The molecule has 5 heteroatoms. The van der Waals surface area contributed by atoms with Crippen LogP contribution in [0.25, 0.3) is 10.9 Å². The van der Waals surface area contributed by atoms with Crippen molar-refractivity contribution in [2.24, 2.45) is 0 Å². The van der Waals surface area contributed by atoms with E-state index in [9.17, 15) is 0 Å². The zero-order valence-corrected chi connectivity index (χ0v) is 10.0. The van der Waals surface area contributed by atoms with Crippen molar-refractivity contribution in [1.29, 1.82) is 0 Å². The van der Waals surface area contributed by atoms with Gasteiger partial charge < -0.3 is 4.74 Å². The van der Waals surface area contributed by atoms with Gasteiger partial charge in [-0.1, -0.05) is 11.6 Å². The van der Waals surface area contributed by atoms with Gasteiger partial charge in [0.1, 0.15) is 17.2 Å². The Kier molecular flexibility index (Phi) is 3.80. The van der Waals surface area contributed by atoms with Crippen LogP contribution in [0.4, 0.5) is 0 Å². The predicted octanol–water partition coefficient (Wildman–Crippen LogP) is 3.29. The lowest BCUT2D eigenvalue weighted by Crippen LogP contribution is -1.97. The van der Waals surface area contributed by atoms with Gasteiger partial charge in [0.2, 0.25) is 0 Å². The Morgan fingerprint density at radius 1 is 1.25 bits per heavy atom. The van der Waals surface area contributed by atoms with E-state index in [0.29, 0.717) is 17.6 Å². The summed E-state index contributed by atoms with van der Waals surface area (Å²) in [5, 5.41) is 1.28. The summed E-state index contributed by atoms with van der Waals surface area (Å²) in [6.45, 7) is 0.605. The second-order valence-corrected chi connectivity index (χ2v) is 3.97. The molecule has 0 saturated carbocycles. The van der Waals surface area contributed by atoms with Gasteiger partial charge in [0.05, 0.1) is 12.1 Å². The Hall–Kier alpha value is -1.06. The number of hydrogen-bond donors (Lipinski definition) is 0. The number of halogens is 2. The first-order valence-corrected chi connectivity index (χ1v) is 5.81. The fourth-order valence-electron chi connectivity index (χ4n) is 1.34. The number of nitrogens with zero attached hydrogens (tertiary/aromatic N) is 2. The predicted molar refractivity (Wildman–Crippen MR) is 65.4 cm³/mol. The molecule has 0 saturated heterocycles. The van der Waals surface area contributed by atoms with Crippen LogP contribution in [-0.4, -0.2) is 22.5 Å². The maximum Gasteiger partial charge on any atom is 0.140 e. The van der Waals surface area contributed by atoms with E-state index in [1.54, 1.807) is 0 Å². The molecule has 3 nitrogen and oxygen atoms in total. The standard InChI is InChI=1S/C11H10Cl2N2O/c12-4-1-5-16-8-2-3-9-10(6-8)14-7-15-11(9)13/h2-3,6-7H,1,4-5H2. The molecule has 0 aliphatic rings. The van der Waals surface area contributed by atoms with Gasteiger partial charge >= 0.3 is 0 Å². The Morgan fingerprint density at radius 2 is 2.12 bits per heavy atom. The van der Waals surface area contributed by atoms with E-state index in [-0.39, 0.29) is 0 Å². The monoisotopic (exact) mass is 256 g/mol. The molecule has 0 bridgehead atoms. The molecule has 0 unspecified atom stereocenters. The lowest BCUT2D eigenvalue weighted by atomic mass is 10.2. The minimum Gasteiger partial charge on any atom is -0.493 e. The molecule has 1 aromatic carbocycles. The van der Waals surface area contributed by atoms with Crippen LogP contribution in [0, 0.1) is 0 Å². The van der Waals surface area contributed by atoms with Gasteiger partial charge in [-0.3, -0.25) is 0 Å². The summed E-state index contributed by atoms with van der Waals surface area (Å²) in [4.78, 5) is 8.04. The molecule has 0 aliphatic carbocycles. The molecule has 0 N–H and O–H groups in total. The van der Waals surface area contributed by atoms with Crippen LogP contribution in [0.1, 0.15) is 6.42 Å².